The SMILES string of the molecule is CC[C@H](C)[C@H](NC(=O)[C@@H](N)CCC(=O)O)C(=O)N1CCC[C@H]1C(=O)N[C@@H](CCC(=O)O)C(=O)N[C@H]([C]=O)Cc1ccc(O)cc1. The topological polar surface area (TPSA) is 246 Å². The van der Waals surface area contributed by atoms with E-state index in [0.717, 1.165) is 0 Å². The summed E-state index contributed by atoms with van der Waals surface area (Å²) in [4.78, 5) is 88.0. The van der Waals surface area contributed by atoms with Crippen LogP contribution in [-0.2, 0) is 40.0 Å². The molecule has 1 aromatic rings. The lowest BCUT2D eigenvalue weighted by Crippen LogP contribution is -2.59. The molecule has 0 unspecified atom stereocenters. The van der Waals surface area contributed by atoms with Crippen LogP contribution in [0.2, 0.25) is 0 Å². The minimum Gasteiger partial charge on any atom is -0.508 e. The van der Waals surface area contributed by atoms with Gasteiger partial charge in [0.25, 0.3) is 0 Å². The highest BCUT2D eigenvalue weighted by molar-refractivity contribution is 5.95. The van der Waals surface area contributed by atoms with E-state index in [9.17, 15) is 43.8 Å². The number of nitrogens with zero attached hydrogens (tertiary/aromatic N) is 1. The Morgan fingerprint density at radius 3 is 2.18 bits per heavy atom. The third-order valence-electron chi connectivity index (χ3n) is 7.74. The van der Waals surface area contributed by atoms with Crippen molar-refractivity contribution in [3.63, 3.8) is 0 Å². The largest absolute Gasteiger partial charge is 0.508 e. The van der Waals surface area contributed by atoms with Crippen molar-refractivity contribution in [2.24, 2.45) is 11.7 Å². The molecular formula is C30H42N5O10. The van der Waals surface area contributed by atoms with Crippen molar-refractivity contribution >= 4 is 41.9 Å². The molecule has 1 radical (unpaired) electrons. The molecule has 1 fully saturated rings. The van der Waals surface area contributed by atoms with Crippen LogP contribution in [-0.4, -0.2) is 98.8 Å². The van der Waals surface area contributed by atoms with Crippen LogP contribution in [0.15, 0.2) is 24.3 Å². The number of nitrogens with one attached hydrogen (secondary N) is 3. The highest BCUT2D eigenvalue weighted by atomic mass is 16.4. The van der Waals surface area contributed by atoms with Gasteiger partial charge < -0.3 is 41.9 Å². The molecule has 2 rings (SSSR count). The second kappa shape index (κ2) is 17.7. The van der Waals surface area contributed by atoms with Gasteiger partial charge in [0.05, 0.1) is 12.1 Å². The first-order valence-electron chi connectivity index (χ1n) is 14.8. The van der Waals surface area contributed by atoms with Crippen molar-refractivity contribution in [1.29, 1.82) is 0 Å². The number of phenols is 1. The molecule has 1 aromatic carbocycles. The molecular weight excluding hydrogens is 590 g/mol. The van der Waals surface area contributed by atoms with Gasteiger partial charge in [0, 0.05) is 25.8 Å². The molecule has 0 saturated carbocycles. The number of rotatable bonds is 18. The van der Waals surface area contributed by atoms with E-state index in [0.29, 0.717) is 18.4 Å². The quantitative estimate of drug-likeness (QED) is 0.110. The van der Waals surface area contributed by atoms with Crippen molar-refractivity contribution in [2.75, 3.05) is 6.54 Å². The zero-order valence-electron chi connectivity index (χ0n) is 25.4. The molecule has 0 aliphatic carbocycles. The van der Waals surface area contributed by atoms with Crippen molar-refractivity contribution in [3.8, 4) is 5.75 Å². The monoisotopic (exact) mass is 632 g/mol. The second-order valence-electron chi connectivity index (χ2n) is 11.1. The summed E-state index contributed by atoms with van der Waals surface area (Å²) < 4.78 is 0. The van der Waals surface area contributed by atoms with Gasteiger partial charge in [0.2, 0.25) is 29.9 Å². The first-order chi connectivity index (χ1) is 21.3. The van der Waals surface area contributed by atoms with Gasteiger partial charge in [0.1, 0.15) is 23.9 Å². The molecule has 6 atom stereocenters. The number of carbonyl (C=O) groups is 6. The van der Waals surface area contributed by atoms with Gasteiger partial charge in [0.15, 0.2) is 0 Å². The molecule has 15 heteroatoms. The molecule has 0 spiro atoms. The average molecular weight is 633 g/mol. The summed E-state index contributed by atoms with van der Waals surface area (Å²) in [6, 6.07) is 0.224. The number of carbonyl (C=O) groups excluding carboxylic acids is 5. The number of likely N-dealkylation sites (tertiary alicyclic amines) is 1. The molecule has 0 aromatic heterocycles. The Morgan fingerprint density at radius 2 is 1.60 bits per heavy atom. The van der Waals surface area contributed by atoms with Gasteiger partial charge in [-0.15, -0.1) is 0 Å². The van der Waals surface area contributed by atoms with E-state index < -0.39 is 72.2 Å². The Balaban J connectivity index is 2.17. The van der Waals surface area contributed by atoms with Crippen LogP contribution in [0.25, 0.3) is 0 Å². The Morgan fingerprint density at radius 1 is 0.978 bits per heavy atom. The number of aliphatic carboxylic acids is 2. The third kappa shape index (κ3) is 11.5. The van der Waals surface area contributed by atoms with Crippen molar-refractivity contribution in [3.05, 3.63) is 29.8 Å². The summed E-state index contributed by atoms with van der Waals surface area (Å²) in [5, 5.41) is 35.2. The summed E-state index contributed by atoms with van der Waals surface area (Å²) in [6.07, 6.45) is 1.70. The average Bonchev–Trinajstić information content (AvgIpc) is 3.50. The van der Waals surface area contributed by atoms with E-state index in [-0.39, 0.29) is 50.3 Å². The van der Waals surface area contributed by atoms with Gasteiger partial charge in [-0.25, -0.2) is 0 Å². The van der Waals surface area contributed by atoms with Crippen LogP contribution >= 0.6 is 0 Å². The fraction of sp³-hybridized carbons (Fsp3) is 0.567. The molecule has 1 aliphatic rings. The Bertz CT molecular complexity index is 1220. The van der Waals surface area contributed by atoms with E-state index >= 15 is 0 Å². The molecule has 1 saturated heterocycles. The maximum Gasteiger partial charge on any atom is 0.303 e. The second-order valence-corrected chi connectivity index (χ2v) is 11.1. The van der Waals surface area contributed by atoms with Gasteiger partial charge in [-0.05, 0) is 49.3 Å². The zero-order valence-corrected chi connectivity index (χ0v) is 25.4. The zero-order chi connectivity index (χ0) is 33.7. The van der Waals surface area contributed by atoms with Crippen LogP contribution in [0.3, 0.4) is 0 Å². The van der Waals surface area contributed by atoms with Crippen molar-refractivity contribution in [1.82, 2.24) is 20.9 Å². The number of aromatic hydroxyl groups is 1. The highest BCUT2D eigenvalue weighted by Gasteiger charge is 2.40. The number of nitrogens with two attached hydrogens (primary N) is 1. The first kappa shape index (κ1) is 36.7. The first-order valence-corrected chi connectivity index (χ1v) is 14.8. The lowest BCUT2D eigenvalue weighted by molar-refractivity contribution is -0.143. The van der Waals surface area contributed by atoms with Crippen LogP contribution < -0.4 is 21.7 Å². The maximum atomic E-state index is 13.7. The van der Waals surface area contributed by atoms with E-state index in [2.05, 4.69) is 16.0 Å². The fourth-order valence-corrected chi connectivity index (χ4v) is 4.90. The standard InChI is InChI=1S/C30H42N5O10/c1-3-17(2)26(34-27(42)21(31)10-12-24(38)39)30(45)35-14-4-5-23(35)29(44)33-22(11-13-25(40)41)28(43)32-19(16-36)15-18-6-8-20(37)9-7-18/h6-9,17,19,21-23,26,37H,3-5,10-15,31H2,1-2H3,(H,32,43)(H,33,44)(H,34,42)(H,38,39)(H,40,41)/t17-,19-,21-,22-,23-,26-/m0/s1. The third-order valence-corrected chi connectivity index (χ3v) is 7.74. The summed E-state index contributed by atoms with van der Waals surface area (Å²) >= 11 is 0. The molecule has 4 amide bonds. The molecule has 247 valence electrons. The lowest BCUT2D eigenvalue weighted by Gasteiger charge is -2.32. The number of carboxylic acids is 2. The Hall–Kier alpha value is -4.53. The molecule has 1 aliphatic heterocycles. The predicted molar refractivity (Wildman–Crippen MR) is 159 cm³/mol. The molecule has 45 heavy (non-hydrogen) atoms. The summed E-state index contributed by atoms with van der Waals surface area (Å²) in [5.41, 5.74) is 6.44. The molecule has 8 N–H and O–H groups in total. The predicted octanol–water partition coefficient (Wildman–Crippen LogP) is -0.407. The van der Waals surface area contributed by atoms with Gasteiger partial charge in [-0.1, -0.05) is 32.4 Å². The van der Waals surface area contributed by atoms with Crippen LogP contribution in [0.5, 0.6) is 5.75 Å². The van der Waals surface area contributed by atoms with Crippen molar-refractivity contribution < 1.29 is 48.9 Å². The highest BCUT2D eigenvalue weighted by Crippen LogP contribution is 2.22. The number of phenolic OH excluding ortho intramolecular Hbond substituents is 1. The lowest BCUT2D eigenvalue weighted by atomic mass is 9.96. The number of amides is 4. The molecule has 1 heterocycles. The molecule has 15 nitrogen and oxygen atoms in total. The van der Waals surface area contributed by atoms with Gasteiger partial charge in [-0.2, -0.15) is 0 Å². The van der Waals surface area contributed by atoms with Crippen molar-refractivity contribution in [2.45, 2.75) is 95.4 Å². The van der Waals surface area contributed by atoms with E-state index in [1.807, 2.05) is 6.92 Å². The summed E-state index contributed by atoms with van der Waals surface area (Å²) in [6.45, 7) is 3.74. The number of hydrogen-bond donors (Lipinski definition) is 7. The smallest absolute Gasteiger partial charge is 0.303 e. The van der Waals surface area contributed by atoms with Crippen LogP contribution in [0.4, 0.5) is 0 Å². The minimum absolute atomic E-state index is 0.0162. The summed E-state index contributed by atoms with van der Waals surface area (Å²) in [5.74, 6) is -5.44. The fourth-order valence-electron chi connectivity index (χ4n) is 4.90. The maximum absolute atomic E-state index is 13.7. The van der Waals surface area contributed by atoms with Crippen LogP contribution in [0, 0.1) is 5.92 Å². The van der Waals surface area contributed by atoms with E-state index in [1.165, 1.54) is 17.0 Å². The summed E-state index contributed by atoms with van der Waals surface area (Å²) in [7, 11) is 0. The minimum atomic E-state index is -1.35. The molecule has 0 bridgehead atoms. The van der Waals surface area contributed by atoms with Crippen LogP contribution in [0.1, 0.15) is 64.4 Å². The number of carboxylic acid groups (broad SMARTS) is 2. The van der Waals surface area contributed by atoms with E-state index in [1.54, 1.807) is 25.3 Å². The van der Waals surface area contributed by atoms with Gasteiger partial charge in [-0.3, -0.25) is 33.6 Å². The van der Waals surface area contributed by atoms with E-state index in [4.69, 9.17) is 10.8 Å². The Kier molecular flexibility index (Phi) is 14.4. The number of benzene rings is 1. The number of hydrogen-bond acceptors (Lipinski definition) is 9. The normalized spacial score (nSPS) is 17.7. The van der Waals surface area contributed by atoms with Gasteiger partial charge >= 0.3 is 11.9 Å². The Labute approximate surface area is 260 Å².